The normalized spacial score (nSPS) is 11.6. The van der Waals surface area contributed by atoms with Gasteiger partial charge in [0.1, 0.15) is 0 Å². The zero-order chi connectivity index (χ0) is 15.5. The Bertz CT molecular complexity index is 844. The third-order valence-corrected chi connectivity index (χ3v) is 3.67. The average molecular weight is 290 g/mol. The van der Waals surface area contributed by atoms with Crippen molar-refractivity contribution in [1.82, 2.24) is 10.3 Å². The van der Waals surface area contributed by atoms with Crippen LogP contribution in [-0.4, -0.2) is 10.9 Å². The number of aromatic amines is 1. The van der Waals surface area contributed by atoms with Crippen LogP contribution >= 0.6 is 0 Å². The summed E-state index contributed by atoms with van der Waals surface area (Å²) in [5.74, 6) is -0.0778. The highest BCUT2D eigenvalue weighted by atomic mass is 16.1. The van der Waals surface area contributed by atoms with Gasteiger partial charge in [-0.25, -0.2) is 0 Å². The number of nitrogens with one attached hydrogen (secondary N) is 2. The number of rotatable bonds is 3. The fraction of sp³-hybridized carbons (Fsp3) is 0.105. The van der Waals surface area contributed by atoms with Gasteiger partial charge in [0.2, 0.25) is 5.91 Å². The number of benzene rings is 2. The van der Waals surface area contributed by atoms with E-state index in [-0.39, 0.29) is 5.91 Å². The fourth-order valence-electron chi connectivity index (χ4n) is 2.72. The number of carbonyl (C=O) groups is 1. The molecule has 1 aromatic heterocycles. The standard InChI is InChI=1S/C19H18N2O/c1-13-19(16-10-6-7-11-18(16)21-13)17(12-20-14(2)22)15-8-4-3-5-9-15/h3-12,21H,1-2H3,(H,20,22)/b17-12-. The van der Waals surface area contributed by atoms with E-state index in [1.54, 1.807) is 6.20 Å². The molecular formula is C19H18N2O. The first-order chi connectivity index (χ1) is 10.7. The maximum absolute atomic E-state index is 11.3. The number of hydrogen-bond donors (Lipinski definition) is 2. The number of fused-ring (bicyclic) bond motifs is 1. The van der Waals surface area contributed by atoms with Crippen molar-refractivity contribution in [3.05, 3.63) is 77.6 Å². The first kappa shape index (κ1) is 14.1. The molecule has 2 N–H and O–H groups in total. The number of aryl methyl sites for hydroxylation is 1. The van der Waals surface area contributed by atoms with E-state index in [4.69, 9.17) is 0 Å². The second-order valence-corrected chi connectivity index (χ2v) is 5.30. The predicted octanol–water partition coefficient (Wildman–Crippen LogP) is 4.00. The minimum absolute atomic E-state index is 0.0778. The highest BCUT2D eigenvalue weighted by Crippen LogP contribution is 2.32. The third-order valence-electron chi connectivity index (χ3n) is 3.67. The lowest BCUT2D eigenvalue weighted by Gasteiger charge is -2.09. The summed E-state index contributed by atoms with van der Waals surface area (Å²) in [7, 11) is 0. The van der Waals surface area contributed by atoms with Crippen LogP contribution in [0.25, 0.3) is 16.5 Å². The molecule has 0 aliphatic carbocycles. The average Bonchev–Trinajstić information content (AvgIpc) is 2.85. The second kappa shape index (κ2) is 5.90. The third kappa shape index (κ3) is 2.66. The van der Waals surface area contributed by atoms with Gasteiger partial charge in [0.05, 0.1) is 0 Å². The molecule has 0 aliphatic rings. The Balaban J connectivity index is 2.22. The Labute approximate surface area is 129 Å². The van der Waals surface area contributed by atoms with Crippen LogP contribution in [0.4, 0.5) is 0 Å². The minimum Gasteiger partial charge on any atom is -0.358 e. The summed E-state index contributed by atoms with van der Waals surface area (Å²) >= 11 is 0. The molecule has 2 aromatic carbocycles. The van der Waals surface area contributed by atoms with Crippen molar-refractivity contribution in [1.29, 1.82) is 0 Å². The quantitative estimate of drug-likeness (QED) is 0.752. The summed E-state index contributed by atoms with van der Waals surface area (Å²) in [5, 5.41) is 3.96. The Kier molecular flexibility index (Phi) is 3.79. The van der Waals surface area contributed by atoms with Crippen molar-refractivity contribution >= 4 is 22.4 Å². The number of amides is 1. The molecular weight excluding hydrogens is 272 g/mol. The summed E-state index contributed by atoms with van der Waals surface area (Å²) in [6, 6.07) is 18.3. The smallest absolute Gasteiger partial charge is 0.220 e. The van der Waals surface area contributed by atoms with Crippen LogP contribution in [0.3, 0.4) is 0 Å². The molecule has 0 spiro atoms. The zero-order valence-corrected chi connectivity index (χ0v) is 12.7. The van der Waals surface area contributed by atoms with Gasteiger partial charge in [-0.15, -0.1) is 0 Å². The minimum atomic E-state index is -0.0778. The maximum Gasteiger partial charge on any atom is 0.220 e. The van der Waals surface area contributed by atoms with E-state index in [2.05, 4.69) is 41.5 Å². The van der Waals surface area contributed by atoms with E-state index < -0.39 is 0 Å². The van der Waals surface area contributed by atoms with E-state index in [0.29, 0.717) is 0 Å². The molecule has 1 amide bonds. The van der Waals surface area contributed by atoms with Crippen LogP contribution in [0.1, 0.15) is 23.7 Å². The van der Waals surface area contributed by atoms with E-state index in [0.717, 1.165) is 33.3 Å². The molecule has 22 heavy (non-hydrogen) atoms. The number of aromatic nitrogens is 1. The first-order valence-corrected chi connectivity index (χ1v) is 7.27. The maximum atomic E-state index is 11.3. The van der Waals surface area contributed by atoms with Crippen LogP contribution in [0, 0.1) is 6.92 Å². The SMILES string of the molecule is CC(=O)N/C=C(/c1ccccc1)c1c(C)[nH]c2ccccc12. The van der Waals surface area contributed by atoms with Crippen molar-refractivity contribution in [2.45, 2.75) is 13.8 Å². The number of carbonyl (C=O) groups excluding carboxylic acids is 1. The molecule has 0 unspecified atom stereocenters. The molecule has 0 atom stereocenters. The van der Waals surface area contributed by atoms with Gasteiger partial charge in [-0.3, -0.25) is 4.79 Å². The molecule has 3 nitrogen and oxygen atoms in total. The second-order valence-electron chi connectivity index (χ2n) is 5.30. The Hall–Kier alpha value is -2.81. The lowest BCUT2D eigenvalue weighted by atomic mass is 9.96. The van der Waals surface area contributed by atoms with Crippen LogP contribution in [-0.2, 0) is 4.79 Å². The summed E-state index contributed by atoms with van der Waals surface area (Å²) < 4.78 is 0. The van der Waals surface area contributed by atoms with E-state index in [1.807, 2.05) is 30.3 Å². The van der Waals surface area contributed by atoms with Crippen molar-refractivity contribution in [3.63, 3.8) is 0 Å². The molecule has 0 bridgehead atoms. The van der Waals surface area contributed by atoms with E-state index in [9.17, 15) is 4.79 Å². The summed E-state index contributed by atoms with van der Waals surface area (Å²) in [6.07, 6.45) is 1.79. The Morgan fingerprint density at radius 2 is 1.73 bits per heavy atom. The van der Waals surface area contributed by atoms with Crippen molar-refractivity contribution < 1.29 is 4.79 Å². The van der Waals surface area contributed by atoms with Gasteiger partial charge in [-0.2, -0.15) is 0 Å². The Morgan fingerprint density at radius 3 is 2.45 bits per heavy atom. The van der Waals surface area contributed by atoms with Crippen molar-refractivity contribution in [3.8, 4) is 0 Å². The molecule has 3 rings (SSSR count). The van der Waals surface area contributed by atoms with Crippen LogP contribution in [0.5, 0.6) is 0 Å². The molecule has 3 aromatic rings. The molecule has 3 heteroatoms. The van der Waals surface area contributed by atoms with Crippen molar-refractivity contribution in [2.24, 2.45) is 0 Å². The number of hydrogen-bond acceptors (Lipinski definition) is 1. The molecule has 0 saturated carbocycles. The molecule has 0 fully saturated rings. The lowest BCUT2D eigenvalue weighted by molar-refractivity contribution is -0.118. The van der Waals surface area contributed by atoms with E-state index in [1.165, 1.54) is 6.92 Å². The highest BCUT2D eigenvalue weighted by molar-refractivity contribution is 5.98. The molecule has 110 valence electrons. The van der Waals surface area contributed by atoms with Crippen molar-refractivity contribution in [2.75, 3.05) is 0 Å². The van der Waals surface area contributed by atoms with Gasteiger partial charge in [-0.05, 0) is 18.6 Å². The molecule has 1 heterocycles. The van der Waals surface area contributed by atoms with Gasteiger partial charge >= 0.3 is 0 Å². The number of para-hydroxylation sites is 1. The highest BCUT2D eigenvalue weighted by Gasteiger charge is 2.14. The summed E-state index contributed by atoms with van der Waals surface area (Å²) in [4.78, 5) is 14.7. The number of H-pyrrole nitrogens is 1. The van der Waals surface area contributed by atoms with Gasteiger partial charge in [0, 0.05) is 40.9 Å². The van der Waals surface area contributed by atoms with Gasteiger partial charge in [-0.1, -0.05) is 48.5 Å². The molecule has 0 aliphatic heterocycles. The molecule has 0 radical (unpaired) electrons. The zero-order valence-electron chi connectivity index (χ0n) is 12.7. The monoisotopic (exact) mass is 290 g/mol. The van der Waals surface area contributed by atoms with Crippen LogP contribution in [0.15, 0.2) is 60.8 Å². The largest absolute Gasteiger partial charge is 0.358 e. The van der Waals surface area contributed by atoms with Crippen LogP contribution in [0.2, 0.25) is 0 Å². The lowest BCUT2D eigenvalue weighted by Crippen LogP contribution is -2.13. The summed E-state index contributed by atoms with van der Waals surface area (Å²) in [6.45, 7) is 3.57. The van der Waals surface area contributed by atoms with Gasteiger partial charge in [0.25, 0.3) is 0 Å². The van der Waals surface area contributed by atoms with Gasteiger partial charge < -0.3 is 10.3 Å². The van der Waals surface area contributed by atoms with Gasteiger partial charge in [0.15, 0.2) is 0 Å². The van der Waals surface area contributed by atoms with E-state index >= 15 is 0 Å². The fourth-order valence-corrected chi connectivity index (χ4v) is 2.72. The summed E-state index contributed by atoms with van der Waals surface area (Å²) in [5.41, 5.74) is 5.38. The topological polar surface area (TPSA) is 44.9 Å². The first-order valence-electron chi connectivity index (χ1n) is 7.27. The molecule has 0 saturated heterocycles. The predicted molar refractivity (Wildman–Crippen MR) is 90.4 cm³/mol. The Morgan fingerprint density at radius 1 is 1.05 bits per heavy atom. The van der Waals surface area contributed by atoms with Crippen LogP contribution < -0.4 is 5.32 Å².